The molecule has 0 unspecified atom stereocenters. The summed E-state index contributed by atoms with van der Waals surface area (Å²) in [6.45, 7) is 2.90. The topological polar surface area (TPSA) is 77.2 Å². The van der Waals surface area contributed by atoms with E-state index in [0.717, 1.165) is 11.1 Å². The molecule has 0 saturated heterocycles. The van der Waals surface area contributed by atoms with Crippen molar-refractivity contribution in [2.45, 2.75) is 13.5 Å². The molecule has 3 aromatic rings. The Bertz CT molecular complexity index is 1040. The monoisotopic (exact) mass is 339 g/mol. The molecule has 0 fully saturated rings. The molecular weight excluding hydrogens is 325 g/mol. The van der Waals surface area contributed by atoms with Gasteiger partial charge in [0.15, 0.2) is 0 Å². The molecule has 0 aliphatic carbocycles. The summed E-state index contributed by atoms with van der Waals surface area (Å²) < 4.78 is 16.1. The molecule has 1 N–H and O–H groups in total. The fourth-order valence-electron chi connectivity index (χ4n) is 3.48. The number of carbonyl (C=O) groups excluding carboxylic acids is 1. The second kappa shape index (κ2) is 5.41. The van der Waals surface area contributed by atoms with Crippen LogP contribution in [0, 0.1) is 22.9 Å². The molecule has 126 valence electrons. The van der Waals surface area contributed by atoms with Gasteiger partial charge in [0.25, 0.3) is 11.6 Å². The zero-order chi connectivity index (χ0) is 17.7. The van der Waals surface area contributed by atoms with Crippen LogP contribution in [0.1, 0.15) is 16.1 Å². The molecule has 2 aromatic carbocycles. The Morgan fingerprint density at radius 1 is 1.24 bits per heavy atom. The number of halogens is 1. The van der Waals surface area contributed by atoms with Crippen molar-refractivity contribution in [2.75, 3.05) is 6.54 Å². The zero-order valence-electron chi connectivity index (χ0n) is 13.4. The van der Waals surface area contributed by atoms with Crippen LogP contribution in [0.4, 0.5) is 10.1 Å². The molecule has 0 bridgehead atoms. The Morgan fingerprint density at radius 3 is 2.64 bits per heavy atom. The first-order valence-corrected chi connectivity index (χ1v) is 7.82. The van der Waals surface area contributed by atoms with E-state index in [4.69, 9.17) is 0 Å². The van der Waals surface area contributed by atoms with Crippen LogP contribution in [0.15, 0.2) is 36.4 Å². The lowest BCUT2D eigenvalue weighted by atomic mass is 10.0. The number of nitrogens with zero attached hydrogens (tertiary/aromatic N) is 2. The summed E-state index contributed by atoms with van der Waals surface area (Å²) in [7, 11) is 0. The average molecular weight is 339 g/mol. The number of benzene rings is 2. The van der Waals surface area contributed by atoms with Gasteiger partial charge in [0.05, 0.1) is 10.4 Å². The largest absolute Gasteiger partial charge is 0.349 e. The number of nitro groups is 1. The Morgan fingerprint density at radius 2 is 1.96 bits per heavy atom. The van der Waals surface area contributed by atoms with Gasteiger partial charge in [-0.2, -0.15) is 0 Å². The minimum atomic E-state index is -0.474. The van der Waals surface area contributed by atoms with Crippen molar-refractivity contribution in [3.8, 4) is 11.1 Å². The minimum Gasteiger partial charge on any atom is -0.349 e. The van der Waals surface area contributed by atoms with Crippen LogP contribution >= 0.6 is 0 Å². The minimum absolute atomic E-state index is 0.0239. The summed E-state index contributed by atoms with van der Waals surface area (Å²) >= 11 is 0. The highest BCUT2D eigenvalue weighted by Gasteiger charge is 2.25. The number of hydrogen-bond acceptors (Lipinski definition) is 3. The van der Waals surface area contributed by atoms with Gasteiger partial charge in [-0.05, 0) is 42.3 Å². The van der Waals surface area contributed by atoms with Gasteiger partial charge < -0.3 is 9.88 Å². The maximum absolute atomic E-state index is 14.2. The van der Waals surface area contributed by atoms with Crippen LogP contribution in [-0.2, 0) is 6.54 Å². The number of hydrogen-bond donors (Lipinski definition) is 1. The summed E-state index contributed by atoms with van der Waals surface area (Å²) in [4.78, 5) is 22.6. The molecule has 1 aliphatic heterocycles. The predicted octanol–water partition coefficient (Wildman–Crippen LogP) is 3.41. The third-order valence-electron chi connectivity index (χ3n) is 4.60. The third kappa shape index (κ3) is 2.27. The lowest BCUT2D eigenvalue weighted by Gasteiger charge is -2.18. The van der Waals surface area contributed by atoms with Crippen LogP contribution in [0.5, 0.6) is 0 Å². The quantitative estimate of drug-likeness (QED) is 0.574. The van der Waals surface area contributed by atoms with Gasteiger partial charge in [-0.25, -0.2) is 4.39 Å². The first kappa shape index (κ1) is 15.3. The lowest BCUT2D eigenvalue weighted by molar-refractivity contribution is -0.384. The number of fused-ring (bicyclic) bond motifs is 3. The van der Waals surface area contributed by atoms with E-state index in [1.165, 1.54) is 24.3 Å². The van der Waals surface area contributed by atoms with Crippen molar-refractivity contribution in [3.05, 3.63) is 63.6 Å². The number of amides is 1. The number of aromatic nitrogens is 1. The molecular formula is C18H14FN3O3. The Labute approximate surface area is 142 Å². The summed E-state index contributed by atoms with van der Waals surface area (Å²) in [6, 6.07) is 8.83. The van der Waals surface area contributed by atoms with Gasteiger partial charge in [-0.15, -0.1) is 0 Å². The molecule has 6 nitrogen and oxygen atoms in total. The fourth-order valence-corrected chi connectivity index (χ4v) is 3.48. The molecule has 0 atom stereocenters. The Balaban J connectivity index is 2.02. The van der Waals surface area contributed by atoms with Crippen molar-refractivity contribution in [2.24, 2.45) is 0 Å². The van der Waals surface area contributed by atoms with Crippen molar-refractivity contribution < 1.29 is 14.1 Å². The van der Waals surface area contributed by atoms with Crippen molar-refractivity contribution >= 4 is 22.5 Å². The van der Waals surface area contributed by atoms with Gasteiger partial charge >= 0.3 is 0 Å². The van der Waals surface area contributed by atoms with E-state index in [1.54, 1.807) is 19.1 Å². The van der Waals surface area contributed by atoms with Crippen LogP contribution < -0.4 is 5.32 Å². The highest BCUT2D eigenvalue weighted by Crippen LogP contribution is 2.36. The van der Waals surface area contributed by atoms with E-state index in [0.29, 0.717) is 35.3 Å². The van der Waals surface area contributed by atoms with Crippen LogP contribution in [0.2, 0.25) is 0 Å². The maximum atomic E-state index is 14.2. The first-order valence-electron chi connectivity index (χ1n) is 7.82. The standard InChI is InChI=1S/C18H14FN3O3/c1-10-14-8-12(19)9-15(11-2-4-13(5-3-11)22(24)25)17(14)21-7-6-20-18(23)16(10)21/h2-5,8-9H,6-7H2,1H3,(H,20,23). The smallest absolute Gasteiger partial charge is 0.269 e. The van der Waals surface area contributed by atoms with Crippen molar-refractivity contribution in [1.82, 2.24) is 9.88 Å². The van der Waals surface area contributed by atoms with E-state index >= 15 is 0 Å². The number of nitrogens with one attached hydrogen (secondary N) is 1. The second-order valence-corrected chi connectivity index (χ2v) is 6.03. The van der Waals surface area contributed by atoms with Crippen LogP contribution in [-0.4, -0.2) is 21.9 Å². The molecule has 2 heterocycles. The molecule has 25 heavy (non-hydrogen) atoms. The van der Waals surface area contributed by atoms with E-state index in [1.807, 2.05) is 4.57 Å². The van der Waals surface area contributed by atoms with Crippen LogP contribution in [0.25, 0.3) is 22.0 Å². The zero-order valence-corrected chi connectivity index (χ0v) is 13.4. The van der Waals surface area contributed by atoms with E-state index in [2.05, 4.69) is 5.32 Å². The van der Waals surface area contributed by atoms with Gasteiger partial charge in [0.2, 0.25) is 0 Å². The molecule has 0 saturated carbocycles. The van der Waals surface area contributed by atoms with Gasteiger partial charge in [-0.1, -0.05) is 0 Å². The first-order chi connectivity index (χ1) is 12.0. The second-order valence-electron chi connectivity index (χ2n) is 6.03. The summed E-state index contributed by atoms with van der Waals surface area (Å²) in [5, 5.41) is 14.3. The number of non-ortho nitro benzene ring substituents is 1. The van der Waals surface area contributed by atoms with Crippen LogP contribution in [0.3, 0.4) is 0 Å². The Kier molecular flexibility index (Phi) is 3.31. The lowest BCUT2D eigenvalue weighted by Crippen LogP contribution is -2.35. The number of carbonyl (C=O) groups is 1. The molecule has 0 spiro atoms. The molecule has 1 amide bonds. The highest BCUT2D eigenvalue weighted by molar-refractivity contribution is 6.06. The SMILES string of the molecule is Cc1c2n(c3c(-c4ccc([N+](=O)[O-])cc4)cc(F)cc13)CCNC2=O. The Hall–Kier alpha value is -3.22. The van der Waals surface area contributed by atoms with E-state index in [-0.39, 0.29) is 11.6 Å². The van der Waals surface area contributed by atoms with Gasteiger partial charge in [-0.3, -0.25) is 14.9 Å². The number of nitro benzene ring substituents is 1. The van der Waals surface area contributed by atoms with Gasteiger partial charge in [0.1, 0.15) is 11.5 Å². The van der Waals surface area contributed by atoms with Crippen molar-refractivity contribution in [3.63, 3.8) is 0 Å². The number of rotatable bonds is 2. The summed E-state index contributed by atoms with van der Waals surface area (Å²) in [6.07, 6.45) is 0. The molecule has 4 rings (SSSR count). The molecule has 7 heteroatoms. The highest BCUT2D eigenvalue weighted by atomic mass is 19.1. The molecule has 1 aliphatic rings. The van der Waals surface area contributed by atoms with E-state index in [9.17, 15) is 19.3 Å². The maximum Gasteiger partial charge on any atom is 0.269 e. The number of aryl methyl sites for hydroxylation is 1. The molecule has 0 radical (unpaired) electrons. The average Bonchev–Trinajstić information content (AvgIpc) is 2.88. The predicted molar refractivity (Wildman–Crippen MR) is 91.1 cm³/mol. The van der Waals surface area contributed by atoms with Crippen molar-refractivity contribution in [1.29, 1.82) is 0 Å². The molecule has 1 aromatic heterocycles. The van der Waals surface area contributed by atoms with E-state index < -0.39 is 10.7 Å². The normalized spacial score (nSPS) is 13.6. The fraction of sp³-hybridized carbons (Fsp3) is 0.167. The van der Waals surface area contributed by atoms with Gasteiger partial charge in [0, 0.05) is 36.2 Å². The summed E-state index contributed by atoms with van der Waals surface area (Å²) in [5.41, 5.74) is 3.31. The summed E-state index contributed by atoms with van der Waals surface area (Å²) in [5.74, 6) is -0.581. The third-order valence-corrected chi connectivity index (χ3v) is 4.60.